The van der Waals surface area contributed by atoms with Crippen LogP contribution in [0.4, 0.5) is 5.82 Å². The van der Waals surface area contributed by atoms with Crippen LogP contribution in [0.3, 0.4) is 0 Å². The second kappa shape index (κ2) is 10.0. The molecule has 2 aromatic heterocycles. The number of rotatable bonds is 7. The molecule has 2 N–H and O–H groups in total. The van der Waals surface area contributed by atoms with Crippen molar-refractivity contribution in [3.8, 4) is 0 Å². The van der Waals surface area contributed by atoms with E-state index in [9.17, 15) is 0 Å². The van der Waals surface area contributed by atoms with Crippen molar-refractivity contribution in [1.82, 2.24) is 30.4 Å². The van der Waals surface area contributed by atoms with E-state index in [0.717, 1.165) is 62.4 Å². The van der Waals surface area contributed by atoms with Gasteiger partial charge in [-0.2, -0.15) is 0 Å². The first kappa shape index (κ1) is 20.1. The summed E-state index contributed by atoms with van der Waals surface area (Å²) in [6, 6.07) is 4.18. The zero-order valence-corrected chi connectivity index (χ0v) is 16.9. The number of aliphatic imine (C=N–C) groups is 1. The third kappa shape index (κ3) is 5.41. The number of nitrogens with zero attached hydrogens (tertiary/aromatic N) is 6. The van der Waals surface area contributed by atoms with Gasteiger partial charge in [0.15, 0.2) is 5.96 Å². The topological polar surface area (TPSA) is 92.5 Å². The van der Waals surface area contributed by atoms with Gasteiger partial charge in [0.2, 0.25) is 0 Å². The Morgan fingerprint density at radius 1 is 1.36 bits per heavy atom. The van der Waals surface area contributed by atoms with Crippen molar-refractivity contribution >= 4 is 11.8 Å². The number of pyridine rings is 1. The Morgan fingerprint density at radius 3 is 2.96 bits per heavy atom. The van der Waals surface area contributed by atoms with Crippen molar-refractivity contribution in [1.29, 1.82) is 0 Å². The summed E-state index contributed by atoms with van der Waals surface area (Å²) in [7, 11) is 1.77. The Bertz CT molecular complexity index is 758. The number of hydrogen-bond donors (Lipinski definition) is 2. The van der Waals surface area contributed by atoms with Crippen LogP contribution in [0.5, 0.6) is 0 Å². The number of morpholine rings is 1. The van der Waals surface area contributed by atoms with Gasteiger partial charge < -0.3 is 24.8 Å². The van der Waals surface area contributed by atoms with Gasteiger partial charge in [0.25, 0.3) is 0 Å². The molecule has 28 heavy (non-hydrogen) atoms. The molecule has 3 heterocycles. The average molecular weight is 387 g/mol. The molecule has 3 rings (SSSR count). The van der Waals surface area contributed by atoms with Gasteiger partial charge in [-0.15, -0.1) is 10.2 Å². The molecule has 152 valence electrons. The molecule has 2 aromatic rings. The van der Waals surface area contributed by atoms with E-state index in [1.54, 1.807) is 13.4 Å². The molecule has 1 atom stereocenters. The highest BCUT2D eigenvalue weighted by molar-refractivity contribution is 5.79. The quantitative estimate of drug-likeness (QED) is 0.538. The van der Waals surface area contributed by atoms with E-state index in [0.29, 0.717) is 6.54 Å². The molecule has 1 aliphatic heterocycles. The zero-order chi connectivity index (χ0) is 19.8. The Labute approximate surface area is 166 Å². The minimum absolute atomic E-state index is 0.248. The fraction of sp³-hybridized carbons (Fsp3) is 0.579. The number of anilines is 1. The molecule has 0 aromatic carbocycles. The van der Waals surface area contributed by atoms with E-state index >= 15 is 0 Å². The lowest BCUT2D eigenvalue weighted by Crippen LogP contribution is -2.41. The number of aryl methyl sites for hydroxylation is 1. The van der Waals surface area contributed by atoms with Crippen LogP contribution < -0.4 is 15.5 Å². The zero-order valence-electron chi connectivity index (χ0n) is 16.9. The maximum Gasteiger partial charge on any atom is 0.191 e. The molecule has 0 aliphatic carbocycles. The van der Waals surface area contributed by atoms with Crippen molar-refractivity contribution in [3.05, 3.63) is 36.0 Å². The smallest absolute Gasteiger partial charge is 0.191 e. The second-order valence-corrected chi connectivity index (χ2v) is 6.80. The predicted octanol–water partition coefficient (Wildman–Crippen LogP) is 0.826. The molecular formula is C19H30N8O. The van der Waals surface area contributed by atoms with Gasteiger partial charge in [-0.3, -0.25) is 4.99 Å². The lowest BCUT2D eigenvalue weighted by molar-refractivity contribution is 0.0529. The summed E-state index contributed by atoms with van der Waals surface area (Å²) in [5.41, 5.74) is 1.11. The first-order chi connectivity index (χ1) is 13.7. The van der Waals surface area contributed by atoms with Gasteiger partial charge in [0, 0.05) is 52.4 Å². The molecule has 1 unspecified atom stereocenters. The summed E-state index contributed by atoms with van der Waals surface area (Å²) in [5, 5.41) is 14.7. The lowest BCUT2D eigenvalue weighted by atomic mass is 10.2. The van der Waals surface area contributed by atoms with Gasteiger partial charge in [0.1, 0.15) is 18.0 Å². The largest absolute Gasteiger partial charge is 0.375 e. The van der Waals surface area contributed by atoms with Gasteiger partial charge >= 0.3 is 0 Å². The number of nitrogens with one attached hydrogen (secondary N) is 2. The van der Waals surface area contributed by atoms with Crippen LogP contribution in [0, 0.1) is 0 Å². The number of ether oxygens (including phenoxy) is 1. The number of aromatic nitrogens is 4. The standard InChI is InChI=1S/C19H30N8O/c1-4-17-25-24-14-27(17)8-7-21-19(20-3)23-12-16-5-6-18(22-11-16)26-9-10-28-15(2)13-26/h5-6,11,14-15H,4,7-10,12-13H2,1-3H3,(H2,20,21,23). The Hall–Kier alpha value is -2.68. The van der Waals surface area contributed by atoms with Crippen LogP contribution >= 0.6 is 0 Å². The van der Waals surface area contributed by atoms with Crippen molar-refractivity contribution in [2.75, 3.05) is 38.2 Å². The monoisotopic (exact) mass is 386 g/mol. The van der Waals surface area contributed by atoms with Crippen LogP contribution in [-0.2, 0) is 24.2 Å². The SMILES string of the molecule is CCc1nncn1CCNC(=NC)NCc1ccc(N2CCOC(C)C2)nc1. The average Bonchev–Trinajstić information content (AvgIpc) is 3.18. The van der Waals surface area contributed by atoms with E-state index in [1.807, 2.05) is 6.20 Å². The molecule has 1 saturated heterocycles. The first-order valence-electron chi connectivity index (χ1n) is 9.82. The third-order valence-corrected chi connectivity index (χ3v) is 4.71. The van der Waals surface area contributed by atoms with Crippen LogP contribution in [0.2, 0.25) is 0 Å². The van der Waals surface area contributed by atoms with Crippen LogP contribution in [0.15, 0.2) is 29.6 Å². The highest BCUT2D eigenvalue weighted by Gasteiger charge is 2.17. The molecule has 0 bridgehead atoms. The Balaban J connectivity index is 1.44. The molecule has 0 saturated carbocycles. The normalized spacial score (nSPS) is 17.6. The van der Waals surface area contributed by atoms with E-state index in [2.05, 4.69) is 66.3 Å². The maximum atomic E-state index is 5.59. The summed E-state index contributed by atoms with van der Waals surface area (Å²) in [5.74, 6) is 2.75. The van der Waals surface area contributed by atoms with Gasteiger partial charge in [-0.1, -0.05) is 13.0 Å². The van der Waals surface area contributed by atoms with Gasteiger partial charge in [-0.25, -0.2) is 4.98 Å². The van der Waals surface area contributed by atoms with Crippen LogP contribution in [-0.4, -0.2) is 65.1 Å². The Morgan fingerprint density at radius 2 is 2.25 bits per heavy atom. The maximum absolute atomic E-state index is 5.59. The predicted molar refractivity (Wildman–Crippen MR) is 109 cm³/mol. The van der Waals surface area contributed by atoms with Crippen molar-refractivity contribution in [2.45, 2.75) is 39.5 Å². The molecule has 0 amide bonds. The van der Waals surface area contributed by atoms with Crippen LogP contribution in [0.25, 0.3) is 0 Å². The van der Waals surface area contributed by atoms with E-state index in [-0.39, 0.29) is 6.10 Å². The minimum atomic E-state index is 0.248. The van der Waals surface area contributed by atoms with Crippen LogP contribution in [0.1, 0.15) is 25.2 Å². The third-order valence-electron chi connectivity index (χ3n) is 4.71. The summed E-state index contributed by atoms with van der Waals surface area (Å²) in [6.07, 6.45) is 4.80. The number of hydrogen-bond acceptors (Lipinski definition) is 6. The highest BCUT2D eigenvalue weighted by atomic mass is 16.5. The van der Waals surface area contributed by atoms with E-state index in [1.165, 1.54) is 0 Å². The molecule has 9 heteroatoms. The molecule has 1 fully saturated rings. The fourth-order valence-corrected chi connectivity index (χ4v) is 3.18. The summed E-state index contributed by atoms with van der Waals surface area (Å²) in [4.78, 5) is 11.1. The number of guanidine groups is 1. The summed E-state index contributed by atoms with van der Waals surface area (Å²) >= 11 is 0. The van der Waals surface area contributed by atoms with Gasteiger partial charge in [-0.05, 0) is 18.6 Å². The van der Waals surface area contributed by atoms with Crippen molar-refractivity contribution < 1.29 is 4.74 Å². The first-order valence-corrected chi connectivity index (χ1v) is 9.82. The molecule has 0 spiro atoms. The lowest BCUT2D eigenvalue weighted by Gasteiger charge is -2.32. The minimum Gasteiger partial charge on any atom is -0.375 e. The van der Waals surface area contributed by atoms with Crippen molar-refractivity contribution in [2.24, 2.45) is 4.99 Å². The molecule has 1 aliphatic rings. The molecular weight excluding hydrogens is 356 g/mol. The second-order valence-electron chi connectivity index (χ2n) is 6.80. The molecule has 9 nitrogen and oxygen atoms in total. The summed E-state index contributed by atoms with van der Waals surface area (Å²) < 4.78 is 7.64. The summed E-state index contributed by atoms with van der Waals surface area (Å²) in [6.45, 7) is 8.90. The van der Waals surface area contributed by atoms with Gasteiger partial charge in [0.05, 0.1) is 12.7 Å². The molecule has 0 radical (unpaired) electrons. The fourth-order valence-electron chi connectivity index (χ4n) is 3.18. The van der Waals surface area contributed by atoms with E-state index < -0.39 is 0 Å². The van der Waals surface area contributed by atoms with Crippen molar-refractivity contribution in [3.63, 3.8) is 0 Å². The van der Waals surface area contributed by atoms with E-state index in [4.69, 9.17) is 4.74 Å². The highest BCUT2D eigenvalue weighted by Crippen LogP contribution is 2.15. The Kier molecular flexibility index (Phi) is 7.18.